The Morgan fingerprint density at radius 1 is 1.11 bits per heavy atom. The first-order chi connectivity index (χ1) is 8.15. The molecule has 0 spiro atoms. The molecule has 102 valence electrons. The highest BCUT2D eigenvalue weighted by atomic mass is 16.1. The van der Waals surface area contributed by atoms with Gasteiger partial charge in [-0.1, -0.05) is 48.0 Å². The second kappa shape index (κ2) is 4.99. The lowest BCUT2D eigenvalue weighted by Gasteiger charge is -2.36. The minimum Gasteiger partial charge on any atom is -0.295 e. The number of carbonyl (C=O) groups is 2. The van der Waals surface area contributed by atoms with Crippen molar-refractivity contribution in [3.05, 3.63) is 11.6 Å². The monoisotopic (exact) mass is 250 g/mol. The molecular weight excluding hydrogens is 224 g/mol. The molecule has 18 heavy (non-hydrogen) atoms. The predicted molar refractivity (Wildman–Crippen MR) is 74.3 cm³/mol. The maximum atomic E-state index is 12.3. The molecule has 1 aliphatic rings. The molecular formula is C16H26O2. The van der Waals surface area contributed by atoms with Crippen molar-refractivity contribution in [2.24, 2.45) is 16.7 Å². The van der Waals surface area contributed by atoms with Crippen LogP contribution >= 0.6 is 0 Å². The molecule has 1 rings (SSSR count). The van der Waals surface area contributed by atoms with Crippen LogP contribution in [0.5, 0.6) is 0 Å². The van der Waals surface area contributed by atoms with E-state index in [4.69, 9.17) is 0 Å². The smallest absolute Gasteiger partial charge is 0.160 e. The van der Waals surface area contributed by atoms with Gasteiger partial charge in [0.15, 0.2) is 11.6 Å². The van der Waals surface area contributed by atoms with Gasteiger partial charge in [-0.15, -0.1) is 0 Å². The summed E-state index contributed by atoms with van der Waals surface area (Å²) in [6, 6.07) is 0. The standard InChI is InChI=1S/C16H26O2/c1-7-15(3,4)11-9-14(18)12(10-13(11)17)16(5,6)8-2/h9,12H,7-8,10H2,1-6H3. The van der Waals surface area contributed by atoms with E-state index in [2.05, 4.69) is 27.7 Å². The molecule has 0 amide bonds. The fourth-order valence-electron chi connectivity index (χ4n) is 2.39. The zero-order chi connectivity index (χ0) is 14.1. The molecule has 0 saturated heterocycles. The Labute approximate surface area is 111 Å². The van der Waals surface area contributed by atoms with E-state index in [-0.39, 0.29) is 28.3 Å². The molecule has 0 radical (unpaired) electrons. The van der Waals surface area contributed by atoms with E-state index < -0.39 is 0 Å². The molecule has 1 unspecified atom stereocenters. The lowest BCUT2D eigenvalue weighted by atomic mass is 9.66. The summed E-state index contributed by atoms with van der Waals surface area (Å²) < 4.78 is 0. The molecule has 0 aromatic heterocycles. The van der Waals surface area contributed by atoms with Gasteiger partial charge in [0.25, 0.3) is 0 Å². The molecule has 0 aromatic rings. The number of Topliss-reactive ketones (excluding diaryl/α,β-unsaturated/α-hetero) is 1. The van der Waals surface area contributed by atoms with Crippen LogP contribution in [-0.4, -0.2) is 11.6 Å². The number of ketones is 2. The molecule has 0 fully saturated rings. The predicted octanol–water partition coefficient (Wildman–Crippen LogP) is 3.94. The quantitative estimate of drug-likeness (QED) is 0.757. The number of carbonyl (C=O) groups excluding carboxylic acids is 2. The van der Waals surface area contributed by atoms with Crippen molar-refractivity contribution in [2.75, 3.05) is 0 Å². The Morgan fingerprint density at radius 2 is 1.67 bits per heavy atom. The lowest BCUT2D eigenvalue weighted by Crippen LogP contribution is -2.37. The fourth-order valence-corrected chi connectivity index (χ4v) is 2.39. The minimum absolute atomic E-state index is 0.0921. The van der Waals surface area contributed by atoms with Gasteiger partial charge in [0.05, 0.1) is 0 Å². The van der Waals surface area contributed by atoms with Crippen LogP contribution in [0.4, 0.5) is 0 Å². The average Bonchev–Trinajstić information content (AvgIpc) is 2.31. The van der Waals surface area contributed by atoms with Gasteiger partial charge in [0.1, 0.15) is 0 Å². The number of hydrogen-bond donors (Lipinski definition) is 0. The van der Waals surface area contributed by atoms with E-state index in [0.29, 0.717) is 6.42 Å². The summed E-state index contributed by atoms with van der Waals surface area (Å²) >= 11 is 0. The van der Waals surface area contributed by atoms with Crippen molar-refractivity contribution < 1.29 is 9.59 Å². The molecule has 0 heterocycles. The highest BCUT2D eigenvalue weighted by Crippen LogP contribution is 2.41. The molecule has 0 aromatic carbocycles. The van der Waals surface area contributed by atoms with Gasteiger partial charge >= 0.3 is 0 Å². The maximum Gasteiger partial charge on any atom is 0.160 e. The number of rotatable bonds is 4. The highest BCUT2D eigenvalue weighted by molar-refractivity contribution is 6.10. The van der Waals surface area contributed by atoms with Crippen LogP contribution in [-0.2, 0) is 9.59 Å². The first-order valence-electron chi connectivity index (χ1n) is 6.95. The van der Waals surface area contributed by atoms with Gasteiger partial charge in [-0.25, -0.2) is 0 Å². The van der Waals surface area contributed by atoms with Crippen molar-refractivity contribution in [3.8, 4) is 0 Å². The van der Waals surface area contributed by atoms with Crippen molar-refractivity contribution >= 4 is 11.6 Å². The Bertz CT molecular complexity index is 386. The summed E-state index contributed by atoms with van der Waals surface area (Å²) in [4.78, 5) is 24.6. The first-order valence-corrected chi connectivity index (χ1v) is 6.95. The van der Waals surface area contributed by atoms with Crippen LogP contribution in [0.2, 0.25) is 0 Å². The van der Waals surface area contributed by atoms with Gasteiger partial charge in [-0.3, -0.25) is 9.59 Å². The van der Waals surface area contributed by atoms with E-state index in [1.807, 2.05) is 13.8 Å². The zero-order valence-electron chi connectivity index (χ0n) is 12.6. The van der Waals surface area contributed by atoms with Crippen molar-refractivity contribution in [1.82, 2.24) is 0 Å². The molecule has 0 saturated carbocycles. The third kappa shape index (κ3) is 2.73. The van der Waals surface area contributed by atoms with E-state index >= 15 is 0 Å². The maximum absolute atomic E-state index is 12.3. The van der Waals surface area contributed by atoms with Crippen LogP contribution in [0.1, 0.15) is 60.8 Å². The molecule has 0 aliphatic heterocycles. The summed E-state index contributed by atoms with van der Waals surface area (Å²) in [7, 11) is 0. The normalized spacial score (nSPS) is 22.1. The van der Waals surface area contributed by atoms with Crippen molar-refractivity contribution in [2.45, 2.75) is 60.8 Å². The molecule has 2 heteroatoms. The second-order valence-corrected chi connectivity index (χ2v) is 6.72. The van der Waals surface area contributed by atoms with E-state index in [1.54, 1.807) is 6.08 Å². The summed E-state index contributed by atoms with van der Waals surface area (Å²) in [5.74, 6) is 0.150. The van der Waals surface area contributed by atoms with Crippen LogP contribution < -0.4 is 0 Å². The van der Waals surface area contributed by atoms with Crippen molar-refractivity contribution in [1.29, 1.82) is 0 Å². The largest absolute Gasteiger partial charge is 0.295 e. The molecule has 0 N–H and O–H groups in total. The van der Waals surface area contributed by atoms with Crippen molar-refractivity contribution in [3.63, 3.8) is 0 Å². The van der Waals surface area contributed by atoms with E-state index in [9.17, 15) is 9.59 Å². The van der Waals surface area contributed by atoms with E-state index in [1.165, 1.54) is 0 Å². The Hall–Kier alpha value is -0.920. The Kier molecular flexibility index (Phi) is 4.19. The summed E-state index contributed by atoms with van der Waals surface area (Å²) in [6.07, 6.45) is 3.79. The topological polar surface area (TPSA) is 34.1 Å². The molecule has 0 bridgehead atoms. The zero-order valence-corrected chi connectivity index (χ0v) is 12.6. The second-order valence-electron chi connectivity index (χ2n) is 6.72. The summed E-state index contributed by atoms with van der Waals surface area (Å²) in [5.41, 5.74) is 0.442. The average molecular weight is 250 g/mol. The molecule has 1 aliphatic carbocycles. The highest BCUT2D eigenvalue weighted by Gasteiger charge is 2.41. The third-order valence-corrected chi connectivity index (χ3v) is 4.79. The number of allylic oxidation sites excluding steroid dienone is 2. The van der Waals surface area contributed by atoms with Crippen LogP contribution in [0.15, 0.2) is 11.6 Å². The number of hydrogen-bond acceptors (Lipinski definition) is 2. The first kappa shape index (κ1) is 15.1. The van der Waals surface area contributed by atoms with Gasteiger partial charge in [-0.05, 0) is 23.3 Å². The Balaban J connectivity index is 3.10. The Morgan fingerprint density at radius 3 is 2.11 bits per heavy atom. The minimum atomic E-state index is -0.186. The van der Waals surface area contributed by atoms with Crippen LogP contribution in [0.25, 0.3) is 0 Å². The SMILES string of the molecule is CCC(C)(C)C1=CC(=O)C(C(C)(C)CC)CC1=O. The third-order valence-electron chi connectivity index (χ3n) is 4.79. The van der Waals surface area contributed by atoms with Gasteiger partial charge in [-0.2, -0.15) is 0 Å². The summed E-state index contributed by atoms with van der Waals surface area (Å²) in [6.45, 7) is 12.4. The summed E-state index contributed by atoms with van der Waals surface area (Å²) in [5, 5.41) is 0. The molecule has 2 nitrogen and oxygen atoms in total. The van der Waals surface area contributed by atoms with E-state index in [0.717, 1.165) is 18.4 Å². The van der Waals surface area contributed by atoms with Gasteiger partial charge in [0, 0.05) is 17.9 Å². The lowest BCUT2D eigenvalue weighted by molar-refractivity contribution is -0.129. The van der Waals surface area contributed by atoms with Crippen LogP contribution in [0.3, 0.4) is 0 Å². The van der Waals surface area contributed by atoms with Gasteiger partial charge in [0.2, 0.25) is 0 Å². The fraction of sp³-hybridized carbons (Fsp3) is 0.750. The van der Waals surface area contributed by atoms with Gasteiger partial charge < -0.3 is 0 Å². The van der Waals surface area contributed by atoms with Crippen LogP contribution in [0, 0.1) is 16.7 Å². The molecule has 1 atom stereocenters.